The van der Waals surface area contributed by atoms with Crippen LogP contribution in [0.4, 0.5) is 5.69 Å². The van der Waals surface area contributed by atoms with E-state index >= 15 is 0 Å². The first-order chi connectivity index (χ1) is 14.5. The van der Waals surface area contributed by atoms with Crippen LogP contribution in [-0.4, -0.2) is 47.1 Å². The number of non-ortho nitro benzene ring substituents is 1. The van der Waals surface area contributed by atoms with Crippen molar-refractivity contribution in [1.29, 1.82) is 0 Å². The minimum absolute atomic E-state index is 0.104. The summed E-state index contributed by atoms with van der Waals surface area (Å²) in [6, 6.07) is 12.1. The van der Waals surface area contributed by atoms with Gasteiger partial charge in [0.1, 0.15) is 5.75 Å². The Labute approximate surface area is 170 Å². The maximum absolute atomic E-state index is 12.1. The zero-order chi connectivity index (χ0) is 21.5. The molecule has 0 radical (unpaired) electrons. The largest absolute Gasteiger partial charge is 0.497 e. The van der Waals surface area contributed by atoms with Crippen molar-refractivity contribution in [3.8, 4) is 17.1 Å². The third-order valence-corrected chi connectivity index (χ3v) is 4.00. The smallest absolute Gasteiger partial charge is 0.316 e. The predicted octanol–water partition coefficient (Wildman–Crippen LogP) is 1.81. The number of carbonyl (C=O) groups is 2. The van der Waals surface area contributed by atoms with Crippen LogP contribution in [0.3, 0.4) is 0 Å². The van der Waals surface area contributed by atoms with Gasteiger partial charge in [-0.25, -0.2) is 0 Å². The Kier molecular flexibility index (Phi) is 6.33. The first kappa shape index (κ1) is 20.5. The SMILES string of the molecule is COc1ccc(-c2noc(C(=O)NCCNC(=O)c3ccc([N+](=O)[O-])cc3)n2)cc1. The summed E-state index contributed by atoms with van der Waals surface area (Å²) in [5.74, 6) is -0.265. The Bertz CT molecular complexity index is 1050. The molecule has 2 amide bonds. The summed E-state index contributed by atoms with van der Waals surface area (Å²) in [6.45, 7) is 0.263. The number of benzene rings is 2. The number of amides is 2. The zero-order valence-electron chi connectivity index (χ0n) is 15.8. The fraction of sp³-hybridized carbons (Fsp3) is 0.158. The molecular formula is C19H17N5O6. The second-order valence-corrected chi connectivity index (χ2v) is 5.97. The lowest BCUT2D eigenvalue weighted by Crippen LogP contribution is -2.34. The monoisotopic (exact) mass is 411 g/mol. The average Bonchev–Trinajstić information content (AvgIpc) is 3.27. The van der Waals surface area contributed by atoms with Crippen LogP contribution < -0.4 is 15.4 Å². The van der Waals surface area contributed by atoms with Gasteiger partial charge in [-0.15, -0.1) is 0 Å². The molecule has 30 heavy (non-hydrogen) atoms. The van der Waals surface area contributed by atoms with Crippen LogP contribution >= 0.6 is 0 Å². The molecule has 0 fully saturated rings. The van der Waals surface area contributed by atoms with Crippen molar-refractivity contribution in [2.75, 3.05) is 20.2 Å². The summed E-state index contributed by atoms with van der Waals surface area (Å²) >= 11 is 0. The minimum atomic E-state index is -0.577. The highest BCUT2D eigenvalue weighted by molar-refractivity contribution is 5.94. The highest BCUT2D eigenvalue weighted by Crippen LogP contribution is 2.19. The van der Waals surface area contributed by atoms with Crippen LogP contribution in [0, 0.1) is 10.1 Å². The van der Waals surface area contributed by atoms with Gasteiger partial charge in [-0.1, -0.05) is 5.16 Å². The van der Waals surface area contributed by atoms with Gasteiger partial charge in [0.25, 0.3) is 11.6 Å². The van der Waals surface area contributed by atoms with Crippen LogP contribution in [0.15, 0.2) is 53.1 Å². The number of ether oxygens (including phenoxy) is 1. The summed E-state index contributed by atoms with van der Waals surface area (Å²) in [5, 5.41) is 19.5. The van der Waals surface area contributed by atoms with Gasteiger partial charge < -0.3 is 19.9 Å². The first-order valence-corrected chi connectivity index (χ1v) is 8.77. The van der Waals surface area contributed by atoms with Crippen molar-refractivity contribution in [3.63, 3.8) is 0 Å². The number of methoxy groups -OCH3 is 1. The molecule has 2 aromatic carbocycles. The topological polar surface area (TPSA) is 149 Å². The molecule has 0 bridgehead atoms. The fourth-order valence-electron chi connectivity index (χ4n) is 2.44. The van der Waals surface area contributed by atoms with E-state index in [0.29, 0.717) is 11.3 Å². The maximum Gasteiger partial charge on any atom is 0.316 e. The van der Waals surface area contributed by atoms with Crippen molar-refractivity contribution < 1.29 is 23.8 Å². The quantitative estimate of drug-likeness (QED) is 0.324. The molecule has 0 atom stereocenters. The van der Waals surface area contributed by atoms with Crippen LogP contribution in [-0.2, 0) is 0 Å². The molecule has 0 spiro atoms. The number of aromatic nitrogens is 2. The molecule has 0 aliphatic rings. The van der Waals surface area contributed by atoms with Gasteiger partial charge in [0.15, 0.2) is 0 Å². The number of nitrogens with zero attached hydrogens (tertiary/aromatic N) is 3. The highest BCUT2D eigenvalue weighted by atomic mass is 16.6. The van der Waals surface area contributed by atoms with Gasteiger partial charge in [0.2, 0.25) is 5.82 Å². The van der Waals surface area contributed by atoms with Gasteiger partial charge in [0.05, 0.1) is 12.0 Å². The van der Waals surface area contributed by atoms with E-state index in [9.17, 15) is 19.7 Å². The fourth-order valence-corrected chi connectivity index (χ4v) is 2.44. The molecule has 1 aromatic heterocycles. The van der Waals surface area contributed by atoms with Crippen LogP contribution in [0.1, 0.15) is 21.0 Å². The van der Waals surface area contributed by atoms with Gasteiger partial charge in [-0.2, -0.15) is 4.98 Å². The van der Waals surface area contributed by atoms with Gasteiger partial charge >= 0.3 is 11.8 Å². The molecule has 11 nitrogen and oxygen atoms in total. The van der Waals surface area contributed by atoms with Crippen molar-refractivity contribution in [2.45, 2.75) is 0 Å². The second-order valence-electron chi connectivity index (χ2n) is 5.97. The van der Waals surface area contributed by atoms with Crippen molar-refractivity contribution in [3.05, 3.63) is 70.1 Å². The molecule has 3 rings (SSSR count). The van der Waals surface area contributed by atoms with Crippen LogP contribution in [0.25, 0.3) is 11.4 Å². The molecule has 3 aromatic rings. The number of hydrogen-bond donors (Lipinski definition) is 2. The Morgan fingerprint density at radius 2 is 1.67 bits per heavy atom. The van der Waals surface area contributed by atoms with Crippen LogP contribution in [0.2, 0.25) is 0 Å². The van der Waals surface area contributed by atoms with E-state index in [1.807, 2.05) is 0 Å². The highest BCUT2D eigenvalue weighted by Gasteiger charge is 2.16. The van der Waals surface area contributed by atoms with E-state index in [4.69, 9.17) is 9.26 Å². The maximum atomic E-state index is 12.1. The number of nitrogens with one attached hydrogen (secondary N) is 2. The molecule has 0 saturated carbocycles. The Balaban J connectivity index is 1.47. The molecular weight excluding hydrogens is 394 g/mol. The number of nitro groups is 1. The molecule has 154 valence electrons. The summed E-state index contributed by atoms with van der Waals surface area (Å²) in [6.07, 6.45) is 0. The second kappa shape index (κ2) is 9.28. The van der Waals surface area contributed by atoms with E-state index in [0.717, 1.165) is 0 Å². The minimum Gasteiger partial charge on any atom is -0.497 e. The van der Waals surface area contributed by atoms with Crippen LogP contribution in [0.5, 0.6) is 5.75 Å². The Morgan fingerprint density at radius 3 is 2.27 bits per heavy atom. The van der Waals surface area contributed by atoms with Gasteiger partial charge in [-0.05, 0) is 36.4 Å². The van der Waals surface area contributed by atoms with Gasteiger partial charge in [0, 0.05) is 36.3 Å². The first-order valence-electron chi connectivity index (χ1n) is 8.77. The van der Waals surface area contributed by atoms with E-state index in [1.54, 1.807) is 31.4 Å². The van der Waals surface area contributed by atoms with Crippen molar-refractivity contribution in [1.82, 2.24) is 20.8 Å². The lowest BCUT2D eigenvalue weighted by molar-refractivity contribution is -0.384. The molecule has 1 heterocycles. The standard InChI is InChI=1S/C19H17N5O6/c1-29-15-8-4-12(5-9-15)16-22-19(30-23-16)18(26)21-11-10-20-17(25)13-2-6-14(7-3-13)24(27)28/h2-9H,10-11H2,1H3,(H,20,25)(H,21,26). The predicted molar refractivity (Wildman–Crippen MR) is 104 cm³/mol. The average molecular weight is 411 g/mol. The lowest BCUT2D eigenvalue weighted by Gasteiger charge is -2.05. The van der Waals surface area contributed by atoms with E-state index in [1.165, 1.54) is 24.3 Å². The summed E-state index contributed by atoms with van der Waals surface area (Å²) in [5.41, 5.74) is 0.828. The molecule has 11 heteroatoms. The number of hydrogen-bond acceptors (Lipinski definition) is 8. The van der Waals surface area contributed by atoms with E-state index < -0.39 is 16.7 Å². The number of nitro benzene ring substituents is 1. The summed E-state index contributed by atoms with van der Waals surface area (Å²) in [4.78, 5) is 38.2. The normalized spacial score (nSPS) is 10.3. The third-order valence-electron chi connectivity index (χ3n) is 4.00. The summed E-state index contributed by atoms with van der Waals surface area (Å²) in [7, 11) is 1.56. The zero-order valence-corrected chi connectivity index (χ0v) is 15.8. The van der Waals surface area contributed by atoms with E-state index in [2.05, 4.69) is 20.8 Å². The number of carbonyl (C=O) groups excluding carboxylic acids is 2. The Hall–Kier alpha value is -4.28. The summed E-state index contributed by atoms with van der Waals surface area (Å²) < 4.78 is 10.0. The molecule has 2 N–H and O–H groups in total. The van der Waals surface area contributed by atoms with Crippen molar-refractivity contribution in [2.24, 2.45) is 0 Å². The van der Waals surface area contributed by atoms with E-state index in [-0.39, 0.29) is 36.1 Å². The van der Waals surface area contributed by atoms with Crippen molar-refractivity contribution >= 4 is 17.5 Å². The molecule has 0 aliphatic carbocycles. The number of rotatable bonds is 8. The molecule has 0 saturated heterocycles. The lowest BCUT2D eigenvalue weighted by atomic mass is 10.2. The Morgan fingerprint density at radius 1 is 1.03 bits per heavy atom. The molecule has 0 aliphatic heterocycles. The molecule has 0 unspecified atom stereocenters. The van der Waals surface area contributed by atoms with Gasteiger partial charge in [-0.3, -0.25) is 19.7 Å². The third kappa shape index (κ3) is 4.95.